The highest BCUT2D eigenvalue weighted by atomic mass is 19.4. The zero-order chi connectivity index (χ0) is 28.6. The average Bonchev–Trinajstić information content (AvgIpc) is 2.80. The third kappa shape index (κ3) is 5.70. The van der Waals surface area contributed by atoms with Gasteiger partial charge in [-0.1, -0.05) is 30.3 Å². The van der Waals surface area contributed by atoms with Gasteiger partial charge in [0.05, 0.1) is 18.1 Å². The molecule has 3 unspecified atom stereocenters. The van der Waals surface area contributed by atoms with E-state index in [4.69, 9.17) is 9.47 Å². The summed E-state index contributed by atoms with van der Waals surface area (Å²) >= 11 is 0. The van der Waals surface area contributed by atoms with E-state index in [0.29, 0.717) is 18.6 Å². The number of halogens is 6. The summed E-state index contributed by atoms with van der Waals surface area (Å²) in [5.41, 5.74) is -3.68. The van der Waals surface area contributed by atoms with Gasteiger partial charge in [0.25, 0.3) is 0 Å². The number of hydrogen-bond acceptors (Lipinski definition) is 4. The molecule has 2 aromatic rings. The van der Waals surface area contributed by atoms with Crippen LogP contribution in [-0.4, -0.2) is 43.0 Å². The summed E-state index contributed by atoms with van der Waals surface area (Å²) in [7, 11) is 0. The van der Waals surface area contributed by atoms with E-state index in [1.54, 1.807) is 13.0 Å². The van der Waals surface area contributed by atoms with E-state index in [0.717, 1.165) is 13.8 Å². The maximum Gasteiger partial charge on any atom is 0.421 e. The lowest BCUT2D eigenvalue weighted by Crippen LogP contribution is -2.53. The van der Waals surface area contributed by atoms with E-state index in [9.17, 15) is 31.1 Å². The first kappa shape index (κ1) is 28.7. The minimum Gasteiger partial charge on any atom is -0.466 e. The normalized spacial score (nSPS) is 23.9. The maximum absolute atomic E-state index is 13.9. The van der Waals surface area contributed by atoms with E-state index in [1.165, 1.54) is 42.5 Å². The molecule has 212 valence electrons. The second-order valence-electron chi connectivity index (χ2n) is 10.2. The fourth-order valence-corrected chi connectivity index (χ4v) is 4.53. The number of alkyl halides is 6. The predicted octanol–water partition coefficient (Wildman–Crippen LogP) is 6.85. The largest absolute Gasteiger partial charge is 0.466 e. The summed E-state index contributed by atoms with van der Waals surface area (Å²) in [6.45, 7) is 3.86. The molecule has 0 aliphatic carbocycles. The van der Waals surface area contributed by atoms with Crippen LogP contribution in [0.3, 0.4) is 0 Å². The number of anilines is 1. The SMILES string of the molecule is CC1=NC(Oc2ccccc2C2(C(F)(F)F)CCO2)C(NC(=O)Nc2ccc(C(C)(C)C(F)(F)F)cc2)CC1. The molecular weight excluding hydrogens is 528 g/mol. The zero-order valence-corrected chi connectivity index (χ0v) is 21.5. The van der Waals surface area contributed by atoms with E-state index < -0.39 is 41.7 Å². The summed E-state index contributed by atoms with van der Waals surface area (Å²) < 4.78 is 92.8. The molecule has 39 heavy (non-hydrogen) atoms. The van der Waals surface area contributed by atoms with Crippen molar-refractivity contribution in [3.05, 3.63) is 59.7 Å². The molecule has 0 spiro atoms. The van der Waals surface area contributed by atoms with Crippen LogP contribution in [0.2, 0.25) is 0 Å². The molecule has 2 aromatic carbocycles. The Hall–Kier alpha value is -3.28. The molecule has 4 rings (SSSR count). The number of nitrogens with one attached hydrogen (secondary N) is 2. The Morgan fingerprint density at radius 2 is 1.69 bits per heavy atom. The van der Waals surface area contributed by atoms with Crippen molar-refractivity contribution < 1.29 is 40.6 Å². The van der Waals surface area contributed by atoms with Gasteiger partial charge in [0.15, 0.2) is 5.60 Å². The van der Waals surface area contributed by atoms with Crippen LogP contribution in [0.5, 0.6) is 5.75 Å². The molecule has 3 atom stereocenters. The molecule has 2 aliphatic rings. The number of nitrogens with zero attached hydrogens (tertiary/aromatic N) is 1. The van der Waals surface area contributed by atoms with Gasteiger partial charge in [-0.3, -0.25) is 0 Å². The first-order valence-corrected chi connectivity index (χ1v) is 12.4. The van der Waals surface area contributed by atoms with E-state index >= 15 is 0 Å². The highest BCUT2D eigenvalue weighted by molar-refractivity contribution is 5.90. The number of benzene rings is 2. The van der Waals surface area contributed by atoms with E-state index in [2.05, 4.69) is 15.6 Å². The molecule has 2 heterocycles. The Kier molecular flexibility index (Phi) is 7.63. The molecule has 0 aromatic heterocycles. The Morgan fingerprint density at radius 3 is 2.26 bits per heavy atom. The first-order valence-electron chi connectivity index (χ1n) is 12.4. The molecule has 1 saturated heterocycles. The van der Waals surface area contributed by atoms with E-state index in [-0.39, 0.29) is 35.6 Å². The van der Waals surface area contributed by atoms with Gasteiger partial charge in [0.1, 0.15) is 5.75 Å². The molecule has 0 bridgehead atoms. The van der Waals surface area contributed by atoms with Crippen LogP contribution in [0, 0.1) is 0 Å². The molecular formula is C27H29F6N3O3. The number of hydrogen-bond donors (Lipinski definition) is 2. The van der Waals surface area contributed by atoms with Gasteiger partial charge >= 0.3 is 18.4 Å². The third-order valence-electron chi connectivity index (χ3n) is 7.23. The fourth-order valence-electron chi connectivity index (χ4n) is 4.53. The molecule has 6 nitrogen and oxygen atoms in total. The minimum atomic E-state index is -4.65. The lowest BCUT2D eigenvalue weighted by atomic mass is 9.84. The second kappa shape index (κ2) is 10.4. The minimum absolute atomic E-state index is 0.0342. The van der Waals surface area contributed by atoms with Crippen molar-refractivity contribution in [1.82, 2.24) is 5.32 Å². The van der Waals surface area contributed by atoms with Crippen LogP contribution >= 0.6 is 0 Å². The maximum atomic E-state index is 13.9. The van der Waals surface area contributed by atoms with Crippen LogP contribution in [0.1, 0.15) is 51.2 Å². The highest BCUT2D eigenvalue weighted by Gasteiger charge is 2.62. The molecule has 0 radical (unpaired) electrons. The lowest BCUT2D eigenvalue weighted by molar-refractivity contribution is -0.334. The molecule has 2 N–H and O–H groups in total. The van der Waals surface area contributed by atoms with Gasteiger partial charge in [-0.25, -0.2) is 9.79 Å². The third-order valence-corrected chi connectivity index (χ3v) is 7.23. The van der Waals surface area contributed by atoms with Crippen molar-refractivity contribution in [3.63, 3.8) is 0 Å². The fraction of sp³-hybridized carbons (Fsp3) is 0.481. The summed E-state index contributed by atoms with van der Waals surface area (Å²) in [5, 5.41) is 5.30. The highest BCUT2D eigenvalue weighted by Crippen LogP contribution is 2.52. The average molecular weight is 558 g/mol. The standard InChI is InChI=1S/C27H29F6N3O3/c1-16-8-13-20(36-23(37)35-18-11-9-17(10-12-18)24(2,3)26(28,29)30)22(34-16)39-21-7-5-4-6-19(21)25(14-15-38-25)27(31,32)33/h4-7,9-12,20,22H,8,13-15H2,1-3H3,(H2,35,36,37). The topological polar surface area (TPSA) is 72.0 Å². The number of urea groups is 1. The van der Waals surface area contributed by atoms with Gasteiger partial charge in [0, 0.05) is 23.4 Å². The van der Waals surface area contributed by atoms with E-state index in [1.807, 2.05) is 0 Å². The summed E-state index contributed by atoms with van der Waals surface area (Å²) in [6.07, 6.45) is -9.41. The van der Waals surface area contributed by atoms with Crippen LogP contribution in [0.15, 0.2) is 53.5 Å². The van der Waals surface area contributed by atoms with Crippen LogP contribution in [0.4, 0.5) is 36.8 Å². The number of para-hydroxylation sites is 1. The monoisotopic (exact) mass is 557 g/mol. The second-order valence-corrected chi connectivity index (χ2v) is 10.2. The van der Waals surface area contributed by atoms with Crippen molar-refractivity contribution >= 4 is 17.4 Å². The van der Waals surface area contributed by atoms with Crippen molar-refractivity contribution in [2.75, 3.05) is 11.9 Å². The Morgan fingerprint density at radius 1 is 1.05 bits per heavy atom. The van der Waals surface area contributed by atoms with Crippen molar-refractivity contribution in [2.45, 2.75) is 75.7 Å². The Balaban J connectivity index is 1.48. The number of ether oxygens (including phenoxy) is 2. The predicted molar refractivity (Wildman–Crippen MR) is 133 cm³/mol. The van der Waals surface area contributed by atoms with Gasteiger partial charge < -0.3 is 20.1 Å². The molecule has 1 fully saturated rings. The van der Waals surface area contributed by atoms with Crippen LogP contribution in [0.25, 0.3) is 0 Å². The quantitative estimate of drug-likeness (QED) is 0.382. The Labute approximate surface area is 221 Å². The Bertz CT molecular complexity index is 1220. The lowest BCUT2D eigenvalue weighted by Gasteiger charge is -2.44. The molecule has 0 saturated carbocycles. The van der Waals surface area contributed by atoms with Crippen molar-refractivity contribution in [3.8, 4) is 5.75 Å². The van der Waals surface area contributed by atoms with Crippen LogP contribution < -0.4 is 15.4 Å². The number of aliphatic imine (C=N–C) groups is 1. The zero-order valence-electron chi connectivity index (χ0n) is 21.5. The number of carbonyl (C=O) groups is 1. The van der Waals surface area contributed by atoms with Gasteiger partial charge in [-0.15, -0.1) is 0 Å². The summed E-state index contributed by atoms with van der Waals surface area (Å²) in [5.74, 6) is -0.0481. The number of rotatable bonds is 6. The molecule has 2 amide bonds. The van der Waals surface area contributed by atoms with Gasteiger partial charge in [-0.05, 0) is 57.4 Å². The van der Waals surface area contributed by atoms with Crippen molar-refractivity contribution in [1.29, 1.82) is 0 Å². The van der Waals surface area contributed by atoms with Crippen molar-refractivity contribution in [2.24, 2.45) is 4.99 Å². The smallest absolute Gasteiger partial charge is 0.421 e. The van der Waals surface area contributed by atoms with Gasteiger partial charge in [-0.2, -0.15) is 26.3 Å². The number of amides is 2. The summed E-state index contributed by atoms with van der Waals surface area (Å²) in [6, 6.07) is 9.69. The summed E-state index contributed by atoms with van der Waals surface area (Å²) in [4.78, 5) is 17.2. The molecule has 12 heteroatoms. The van der Waals surface area contributed by atoms with Crippen LogP contribution in [-0.2, 0) is 15.8 Å². The molecule has 2 aliphatic heterocycles. The number of carbonyl (C=O) groups excluding carboxylic acids is 1. The van der Waals surface area contributed by atoms with Gasteiger partial charge in [0.2, 0.25) is 6.23 Å². The first-order chi connectivity index (χ1) is 18.1.